The largest absolute Gasteiger partial charge is 0.497 e. The van der Waals surface area contributed by atoms with Gasteiger partial charge in [-0.1, -0.05) is 16.8 Å². The molecule has 1 aromatic heterocycles. The van der Waals surface area contributed by atoms with Crippen LogP contribution in [-0.2, 0) is 6.61 Å². The number of ether oxygens (including phenoxy) is 2. The van der Waals surface area contributed by atoms with E-state index in [1.54, 1.807) is 19.2 Å². The molecule has 0 radical (unpaired) electrons. The molecular weight excluding hydrogens is 330 g/mol. The van der Waals surface area contributed by atoms with Crippen LogP contribution in [0.1, 0.15) is 11.5 Å². The molecule has 2 aromatic carbocycles. The summed E-state index contributed by atoms with van der Waals surface area (Å²) in [5.74, 6) is 1.98. The van der Waals surface area contributed by atoms with Crippen molar-refractivity contribution >= 4 is 11.6 Å². The summed E-state index contributed by atoms with van der Waals surface area (Å²) in [5.41, 5.74) is 1.27. The Morgan fingerprint density at radius 1 is 1.21 bits per heavy atom. The van der Waals surface area contributed by atoms with E-state index >= 15 is 0 Å². The molecule has 0 bridgehead atoms. The summed E-state index contributed by atoms with van der Waals surface area (Å²) in [6.07, 6.45) is 0. The van der Waals surface area contributed by atoms with Crippen LogP contribution in [0.3, 0.4) is 0 Å². The van der Waals surface area contributed by atoms with Crippen LogP contribution in [0.4, 0.5) is 0 Å². The molecule has 0 spiro atoms. The predicted octanol–water partition coefficient (Wildman–Crippen LogP) is 3.85. The molecule has 120 valence electrons. The van der Waals surface area contributed by atoms with Gasteiger partial charge in [-0.25, -0.2) is 0 Å². The monoisotopic (exact) mass is 341 g/mol. The molecule has 6 nitrogen and oxygen atoms in total. The average Bonchev–Trinajstić information content (AvgIpc) is 3.09. The predicted molar refractivity (Wildman–Crippen MR) is 86.8 cm³/mol. The number of rotatable bonds is 5. The van der Waals surface area contributed by atoms with Crippen molar-refractivity contribution in [3.63, 3.8) is 0 Å². The van der Waals surface area contributed by atoms with E-state index in [0.29, 0.717) is 28.1 Å². The molecule has 7 heteroatoms. The first-order chi connectivity index (χ1) is 11.7. The van der Waals surface area contributed by atoms with Crippen molar-refractivity contribution in [2.45, 2.75) is 6.61 Å². The number of benzene rings is 2. The highest BCUT2D eigenvalue weighted by molar-refractivity contribution is 6.32. The quantitative estimate of drug-likeness (QED) is 0.701. The maximum absolute atomic E-state index is 8.81. The molecule has 0 atom stereocenters. The van der Waals surface area contributed by atoms with E-state index in [0.717, 1.165) is 11.3 Å². The molecule has 1 heterocycles. The SMILES string of the molecule is COc1ccc(-c2noc(COc3ccc(C#N)cc3Cl)n2)cc1. The van der Waals surface area contributed by atoms with E-state index in [1.807, 2.05) is 30.3 Å². The van der Waals surface area contributed by atoms with Gasteiger partial charge in [-0.15, -0.1) is 0 Å². The Balaban J connectivity index is 1.69. The van der Waals surface area contributed by atoms with Crippen LogP contribution in [-0.4, -0.2) is 17.3 Å². The highest BCUT2D eigenvalue weighted by Crippen LogP contribution is 2.26. The number of nitrogens with zero attached hydrogens (tertiary/aromatic N) is 3. The standard InChI is InChI=1S/C17H12ClN3O3/c1-22-13-5-3-12(4-6-13)17-20-16(24-21-17)10-23-15-7-2-11(9-19)8-14(15)18/h2-8H,10H2,1H3. The molecular formula is C17H12ClN3O3. The second-order valence-corrected chi connectivity index (χ2v) is 5.19. The number of hydrogen-bond acceptors (Lipinski definition) is 6. The van der Waals surface area contributed by atoms with Crippen LogP contribution in [0, 0.1) is 11.3 Å². The molecule has 0 unspecified atom stereocenters. The van der Waals surface area contributed by atoms with E-state index in [9.17, 15) is 0 Å². The second kappa shape index (κ2) is 7.02. The Kier molecular flexibility index (Phi) is 4.64. The van der Waals surface area contributed by atoms with Crippen LogP contribution < -0.4 is 9.47 Å². The van der Waals surface area contributed by atoms with E-state index in [1.165, 1.54) is 6.07 Å². The van der Waals surface area contributed by atoms with Crippen LogP contribution in [0.5, 0.6) is 11.5 Å². The number of aromatic nitrogens is 2. The van der Waals surface area contributed by atoms with Crippen LogP contribution in [0.25, 0.3) is 11.4 Å². The lowest BCUT2D eigenvalue weighted by atomic mass is 10.2. The first kappa shape index (κ1) is 15.8. The Labute approximate surface area is 143 Å². The van der Waals surface area contributed by atoms with E-state index in [2.05, 4.69) is 10.1 Å². The smallest absolute Gasteiger partial charge is 0.264 e. The molecule has 0 N–H and O–H groups in total. The Hall–Kier alpha value is -3.04. The third-order valence-corrected chi connectivity index (χ3v) is 3.52. The van der Waals surface area contributed by atoms with Gasteiger partial charge in [0.15, 0.2) is 6.61 Å². The van der Waals surface area contributed by atoms with Crippen molar-refractivity contribution in [3.05, 3.63) is 58.9 Å². The fourth-order valence-corrected chi connectivity index (χ4v) is 2.23. The molecule has 3 rings (SSSR count). The Bertz CT molecular complexity index is 885. The topological polar surface area (TPSA) is 81.2 Å². The first-order valence-electron chi connectivity index (χ1n) is 6.99. The highest BCUT2D eigenvalue weighted by atomic mass is 35.5. The fourth-order valence-electron chi connectivity index (χ4n) is 2.00. The molecule has 0 amide bonds. The Morgan fingerprint density at radius 2 is 2.00 bits per heavy atom. The summed E-state index contributed by atoms with van der Waals surface area (Å²) in [6, 6.07) is 14.1. The lowest BCUT2D eigenvalue weighted by Crippen LogP contribution is -1.96. The van der Waals surface area contributed by atoms with Crippen molar-refractivity contribution in [2.75, 3.05) is 7.11 Å². The van der Waals surface area contributed by atoms with Gasteiger partial charge < -0.3 is 14.0 Å². The first-order valence-corrected chi connectivity index (χ1v) is 7.37. The van der Waals surface area contributed by atoms with Crippen LogP contribution >= 0.6 is 11.6 Å². The van der Waals surface area contributed by atoms with Gasteiger partial charge in [0, 0.05) is 5.56 Å². The molecule has 3 aromatic rings. The van der Waals surface area contributed by atoms with Gasteiger partial charge in [0.2, 0.25) is 5.82 Å². The zero-order valence-electron chi connectivity index (χ0n) is 12.7. The third kappa shape index (κ3) is 3.47. The van der Waals surface area contributed by atoms with Crippen molar-refractivity contribution in [3.8, 4) is 29.0 Å². The molecule has 0 aliphatic carbocycles. The number of nitriles is 1. The fraction of sp³-hybridized carbons (Fsp3) is 0.118. The lowest BCUT2D eigenvalue weighted by Gasteiger charge is -2.05. The Morgan fingerprint density at radius 3 is 2.67 bits per heavy atom. The second-order valence-electron chi connectivity index (χ2n) is 4.79. The molecule has 24 heavy (non-hydrogen) atoms. The number of hydrogen-bond donors (Lipinski definition) is 0. The van der Waals surface area contributed by atoms with Crippen LogP contribution in [0.2, 0.25) is 5.02 Å². The zero-order chi connectivity index (χ0) is 16.9. The van der Waals surface area contributed by atoms with Gasteiger partial charge in [0.25, 0.3) is 5.89 Å². The van der Waals surface area contributed by atoms with Gasteiger partial charge >= 0.3 is 0 Å². The van der Waals surface area contributed by atoms with Gasteiger partial charge in [0.05, 0.1) is 23.8 Å². The normalized spacial score (nSPS) is 10.2. The molecule has 0 aliphatic rings. The van der Waals surface area contributed by atoms with Crippen molar-refractivity contribution in [1.29, 1.82) is 5.26 Å². The highest BCUT2D eigenvalue weighted by Gasteiger charge is 2.11. The molecule has 0 aliphatic heterocycles. The van der Waals surface area contributed by atoms with Gasteiger partial charge in [-0.2, -0.15) is 10.2 Å². The molecule has 0 saturated heterocycles. The lowest BCUT2D eigenvalue weighted by molar-refractivity contribution is 0.243. The summed E-state index contributed by atoms with van der Waals surface area (Å²) < 4.78 is 15.8. The summed E-state index contributed by atoms with van der Waals surface area (Å²) in [4.78, 5) is 4.28. The zero-order valence-corrected chi connectivity index (χ0v) is 13.4. The van der Waals surface area contributed by atoms with Gasteiger partial charge in [0.1, 0.15) is 11.5 Å². The summed E-state index contributed by atoms with van der Waals surface area (Å²) in [5, 5.41) is 13.1. The van der Waals surface area contributed by atoms with E-state index in [4.69, 9.17) is 30.9 Å². The van der Waals surface area contributed by atoms with Crippen molar-refractivity contribution in [1.82, 2.24) is 10.1 Å². The minimum atomic E-state index is 0.0781. The summed E-state index contributed by atoms with van der Waals surface area (Å²) in [6.45, 7) is 0.0781. The number of halogens is 1. The van der Waals surface area contributed by atoms with E-state index in [-0.39, 0.29) is 6.61 Å². The van der Waals surface area contributed by atoms with Crippen molar-refractivity contribution in [2.24, 2.45) is 0 Å². The molecule has 0 fully saturated rings. The summed E-state index contributed by atoms with van der Waals surface area (Å²) >= 11 is 6.05. The average molecular weight is 342 g/mol. The van der Waals surface area contributed by atoms with Crippen molar-refractivity contribution < 1.29 is 14.0 Å². The number of methoxy groups -OCH3 is 1. The van der Waals surface area contributed by atoms with Gasteiger partial charge in [-0.05, 0) is 42.5 Å². The minimum absolute atomic E-state index is 0.0781. The van der Waals surface area contributed by atoms with Crippen LogP contribution in [0.15, 0.2) is 47.0 Å². The summed E-state index contributed by atoms with van der Waals surface area (Å²) in [7, 11) is 1.60. The molecule has 0 saturated carbocycles. The minimum Gasteiger partial charge on any atom is -0.497 e. The van der Waals surface area contributed by atoms with E-state index < -0.39 is 0 Å². The maximum Gasteiger partial charge on any atom is 0.264 e. The third-order valence-electron chi connectivity index (χ3n) is 3.23. The van der Waals surface area contributed by atoms with Gasteiger partial charge in [-0.3, -0.25) is 0 Å². The maximum atomic E-state index is 8.81.